The summed E-state index contributed by atoms with van der Waals surface area (Å²) in [5.74, 6) is 0.639. The van der Waals surface area contributed by atoms with Crippen LogP contribution in [0.2, 0.25) is 0 Å². The zero-order chi connectivity index (χ0) is 21.5. The van der Waals surface area contributed by atoms with Gasteiger partial charge in [-0.3, -0.25) is 4.79 Å². The second-order valence-corrected chi connectivity index (χ2v) is 8.68. The summed E-state index contributed by atoms with van der Waals surface area (Å²) in [6, 6.07) is 29.5. The third-order valence-electron chi connectivity index (χ3n) is 6.28. The molecule has 0 amide bonds. The lowest BCUT2D eigenvalue weighted by molar-refractivity contribution is -0.124. The first kappa shape index (κ1) is 21.1. The fourth-order valence-electron chi connectivity index (χ4n) is 4.63. The first-order valence-corrected chi connectivity index (χ1v) is 11.3. The molecule has 3 atom stereocenters. The maximum absolute atomic E-state index is 13.5. The molecule has 0 radical (unpaired) electrons. The molecule has 0 bridgehead atoms. The van der Waals surface area contributed by atoms with Crippen molar-refractivity contribution in [1.29, 1.82) is 0 Å². The molecule has 0 fully saturated rings. The van der Waals surface area contributed by atoms with Crippen molar-refractivity contribution >= 4 is 17.5 Å². The molecule has 0 aromatic heterocycles. The molecular weight excluding hydrogens is 378 g/mol. The highest BCUT2D eigenvalue weighted by atomic mass is 16.1. The highest BCUT2D eigenvalue weighted by Crippen LogP contribution is 2.30. The lowest BCUT2D eigenvalue weighted by Gasteiger charge is -2.24. The van der Waals surface area contributed by atoms with E-state index in [1.807, 2.05) is 24.3 Å². The summed E-state index contributed by atoms with van der Waals surface area (Å²) in [6.07, 6.45) is 7.51. The van der Waals surface area contributed by atoms with E-state index >= 15 is 0 Å². The Morgan fingerprint density at radius 2 is 1.55 bits per heavy atom. The van der Waals surface area contributed by atoms with Crippen LogP contribution in [0.3, 0.4) is 0 Å². The minimum absolute atomic E-state index is 0.0376. The molecule has 0 saturated carbocycles. The third-order valence-corrected chi connectivity index (χ3v) is 6.28. The molecule has 3 aromatic rings. The number of ketones is 1. The monoisotopic (exact) mass is 409 g/mol. The maximum Gasteiger partial charge on any atom is 0.138 e. The Balaban J connectivity index is 1.57. The Hall–Kier alpha value is -3.13. The van der Waals surface area contributed by atoms with Crippen LogP contribution in [0.25, 0.3) is 6.08 Å². The highest BCUT2D eigenvalue weighted by Gasteiger charge is 2.29. The number of fused-ring (bicyclic) bond motifs is 1. The van der Waals surface area contributed by atoms with Gasteiger partial charge in [0.2, 0.25) is 0 Å². The van der Waals surface area contributed by atoms with Crippen molar-refractivity contribution in [2.24, 2.45) is 11.8 Å². The Bertz CT molecular complexity index is 1010. The van der Waals surface area contributed by atoms with Crippen LogP contribution in [0.4, 0.5) is 5.69 Å². The van der Waals surface area contributed by atoms with Gasteiger partial charge in [0.05, 0.1) is 0 Å². The summed E-state index contributed by atoms with van der Waals surface area (Å²) >= 11 is 0. The lowest BCUT2D eigenvalue weighted by Crippen LogP contribution is -2.32. The number of Topliss-reactive ketones (excluding diaryl/α,β-unsaturated/α-hetero) is 1. The number of benzene rings is 3. The Kier molecular flexibility index (Phi) is 6.99. The summed E-state index contributed by atoms with van der Waals surface area (Å²) in [5, 5.41) is 3.66. The SMILES string of the molecule is CC1Nc2ccccc2CC(Cc2ccccc2)CC(=O)C1C/C=C/c1ccccc1. The van der Waals surface area contributed by atoms with Gasteiger partial charge in [-0.1, -0.05) is 91.0 Å². The molecule has 1 heterocycles. The van der Waals surface area contributed by atoms with E-state index in [0.29, 0.717) is 18.1 Å². The molecule has 2 nitrogen and oxygen atoms in total. The number of allylic oxidation sites excluding steroid dienone is 1. The second-order valence-electron chi connectivity index (χ2n) is 8.68. The zero-order valence-corrected chi connectivity index (χ0v) is 18.2. The van der Waals surface area contributed by atoms with Gasteiger partial charge in [0.15, 0.2) is 0 Å². The molecule has 2 heteroatoms. The maximum atomic E-state index is 13.5. The van der Waals surface area contributed by atoms with Crippen LogP contribution in [-0.4, -0.2) is 11.8 Å². The van der Waals surface area contributed by atoms with Crippen molar-refractivity contribution < 1.29 is 4.79 Å². The Morgan fingerprint density at radius 3 is 2.32 bits per heavy atom. The molecule has 0 spiro atoms. The smallest absolute Gasteiger partial charge is 0.138 e. The van der Waals surface area contributed by atoms with Crippen LogP contribution in [0.5, 0.6) is 0 Å². The molecule has 1 aliphatic rings. The number of rotatable bonds is 5. The molecule has 31 heavy (non-hydrogen) atoms. The normalized spacial score (nSPS) is 21.6. The van der Waals surface area contributed by atoms with E-state index in [4.69, 9.17) is 0 Å². The van der Waals surface area contributed by atoms with Crippen LogP contribution < -0.4 is 5.32 Å². The first-order chi connectivity index (χ1) is 15.2. The van der Waals surface area contributed by atoms with Gasteiger partial charge in [-0.25, -0.2) is 0 Å². The molecule has 1 N–H and O–H groups in total. The number of hydrogen-bond acceptors (Lipinski definition) is 2. The fourth-order valence-corrected chi connectivity index (χ4v) is 4.63. The topological polar surface area (TPSA) is 29.1 Å². The highest BCUT2D eigenvalue weighted by molar-refractivity contribution is 5.83. The van der Waals surface area contributed by atoms with Crippen molar-refractivity contribution in [3.63, 3.8) is 0 Å². The molecule has 0 aliphatic carbocycles. The van der Waals surface area contributed by atoms with Crippen LogP contribution in [0.15, 0.2) is 91.0 Å². The van der Waals surface area contributed by atoms with Crippen LogP contribution >= 0.6 is 0 Å². The summed E-state index contributed by atoms with van der Waals surface area (Å²) in [7, 11) is 0. The summed E-state index contributed by atoms with van der Waals surface area (Å²) < 4.78 is 0. The van der Waals surface area contributed by atoms with E-state index in [1.54, 1.807) is 0 Å². The number of para-hydroxylation sites is 1. The number of carbonyl (C=O) groups excluding carboxylic acids is 1. The predicted octanol–water partition coefficient (Wildman–Crippen LogP) is 6.58. The molecule has 0 saturated heterocycles. The van der Waals surface area contributed by atoms with Gasteiger partial charge < -0.3 is 5.32 Å². The Morgan fingerprint density at radius 1 is 0.871 bits per heavy atom. The number of hydrogen-bond donors (Lipinski definition) is 1. The van der Waals surface area contributed by atoms with Crippen molar-refractivity contribution in [3.8, 4) is 0 Å². The quantitative estimate of drug-likeness (QED) is 0.515. The van der Waals surface area contributed by atoms with E-state index in [1.165, 1.54) is 22.4 Å². The standard InChI is InChI=1S/C29H31NO/c1-22-27(17-10-15-23-11-4-2-5-12-23)29(31)21-25(19-24-13-6-3-7-14-24)20-26-16-8-9-18-28(26)30-22/h2-16,18,22,25,27,30H,17,19-21H2,1H3/b15-10+. The van der Waals surface area contributed by atoms with Crippen molar-refractivity contribution in [3.05, 3.63) is 108 Å². The lowest BCUT2D eigenvalue weighted by atomic mass is 9.83. The summed E-state index contributed by atoms with van der Waals surface area (Å²) in [5.41, 5.74) is 4.95. The third kappa shape index (κ3) is 5.73. The molecule has 3 unspecified atom stereocenters. The average Bonchev–Trinajstić information content (AvgIpc) is 2.83. The molecule has 158 valence electrons. The van der Waals surface area contributed by atoms with Crippen molar-refractivity contribution in [2.45, 2.75) is 38.6 Å². The van der Waals surface area contributed by atoms with E-state index in [0.717, 1.165) is 19.3 Å². The van der Waals surface area contributed by atoms with Gasteiger partial charge in [-0.05, 0) is 54.9 Å². The van der Waals surface area contributed by atoms with Gasteiger partial charge in [0, 0.05) is 24.1 Å². The van der Waals surface area contributed by atoms with Gasteiger partial charge >= 0.3 is 0 Å². The summed E-state index contributed by atoms with van der Waals surface area (Å²) in [6.45, 7) is 2.15. The second kappa shape index (κ2) is 10.3. The van der Waals surface area contributed by atoms with Gasteiger partial charge in [0.1, 0.15) is 5.78 Å². The molecule has 1 aliphatic heterocycles. The van der Waals surface area contributed by atoms with Crippen molar-refractivity contribution in [1.82, 2.24) is 0 Å². The van der Waals surface area contributed by atoms with Gasteiger partial charge in [0.25, 0.3) is 0 Å². The van der Waals surface area contributed by atoms with Gasteiger partial charge in [-0.2, -0.15) is 0 Å². The number of carbonyl (C=O) groups is 1. The van der Waals surface area contributed by atoms with Crippen molar-refractivity contribution in [2.75, 3.05) is 5.32 Å². The Labute approximate surface area is 186 Å². The number of nitrogens with one attached hydrogen (secondary N) is 1. The molecule has 3 aromatic carbocycles. The van der Waals surface area contributed by atoms with E-state index < -0.39 is 0 Å². The fraction of sp³-hybridized carbons (Fsp3) is 0.276. The molecule has 4 rings (SSSR count). The zero-order valence-electron chi connectivity index (χ0n) is 18.2. The van der Waals surface area contributed by atoms with E-state index in [-0.39, 0.29) is 12.0 Å². The van der Waals surface area contributed by atoms with Crippen LogP contribution in [-0.2, 0) is 17.6 Å². The van der Waals surface area contributed by atoms with Gasteiger partial charge in [-0.15, -0.1) is 0 Å². The van der Waals surface area contributed by atoms with Crippen LogP contribution in [0.1, 0.15) is 36.5 Å². The minimum atomic E-state index is -0.0376. The predicted molar refractivity (Wildman–Crippen MR) is 130 cm³/mol. The average molecular weight is 410 g/mol. The molecular formula is C29H31NO. The first-order valence-electron chi connectivity index (χ1n) is 11.3. The summed E-state index contributed by atoms with van der Waals surface area (Å²) in [4.78, 5) is 13.5. The van der Waals surface area contributed by atoms with Crippen LogP contribution in [0, 0.1) is 11.8 Å². The van der Waals surface area contributed by atoms with E-state index in [9.17, 15) is 4.79 Å². The number of anilines is 1. The largest absolute Gasteiger partial charge is 0.382 e. The van der Waals surface area contributed by atoms with E-state index in [2.05, 4.69) is 85.1 Å². The minimum Gasteiger partial charge on any atom is -0.382 e.